The molecule has 0 fully saturated rings. The van der Waals surface area contributed by atoms with Gasteiger partial charge in [0.2, 0.25) is 0 Å². The fourth-order valence-electron chi connectivity index (χ4n) is 6.45. The van der Waals surface area contributed by atoms with E-state index in [1.165, 1.54) is 66.1 Å². The number of fused-ring (bicyclic) bond motifs is 2. The third-order valence-corrected chi connectivity index (χ3v) is 8.75. The minimum Gasteiger partial charge on any atom is -0.164 e. The molecule has 0 heterocycles. The summed E-state index contributed by atoms with van der Waals surface area (Å²) in [6.07, 6.45) is 2.26. The molecule has 0 amide bonds. The van der Waals surface area contributed by atoms with Gasteiger partial charge in [0, 0.05) is 35.4 Å². The molecule has 0 bridgehead atoms. The standard InChI is InChI=1S/2C22H25.C2H6Si.Hf/c2*1-15(2)12-17-8-5-6-10-20(17)21-11-7-9-18-13-19(16(3)4)14-22(18)21;1-3-2;/h2*5-11,13-16H,12H2,1-4H3;1-2H3;/q2*-1;;. The molecule has 0 unspecified atom stereocenters. The molecular formula is C46H56HfSi-2. The van der Waals surface area contributed by atoms with Crippen molar-refractivity contribution in [3.63, 3.8) is 0 Å². The maximum atomic E-state index is 2.38. The van der Waals surface area contributed by atoms with Gasteiger partial charge in [-0.25, -0.2) is 0 Å². The van der Waals surface area contributed by atoms with Crippen LogP contribution in [0.25, 0.3) is 43.8 Å². The zero-order chi connectivity index (χ0) is 34.1. The fraction of sp³-hybridized carbons (Fsp3) is 0.348. The average molecular weight is 816 g/mol. The molecule has 6 aromatic rings. The number of hydrogen-bond acceptors (Lipinski definition) is 0. The molecule has 48 heavy (non-hydrogen) atoms. The molecule has 0 aliphatic carbocycles. The van der Waals surface area contributed by atoms with Gasteiger partial charge in [-0.2, -0.15) is 12.1 Å². The van der Waals surface area contributed by atoms with E-state index in [-0.39, 0.29) is 25.8 Å². The average Bonchev–Trinajstić information content (AvgIpc) is 3.67. The van der Waals surface area contributed by atoms with Gasteiger partial charge < -0.3 is 0 Å². The van der Waals surface area contributed by atoms with Crippen LogP contribution >= 0.6 is 0 Å². The van der Waals surface area contributed by atoms with Gasteiger partial charge in [0.15, 0.2) is 0 Å². The van der Waals surface area contributed by atoms with Crippen molar-refractivity contribution in [2.45, 2.75) is 93.2 Å². The molecule has 0 spiro atoms. The Bertz CT molecular complexity index is 1710. The van der Waals surface area contributed by atoms with E-state index in [9.17, 15) is 0 Å². The molecule has 6 aromatic carbocycles. The van der Waals surface area contributed by atoms with Crippen molar-refractivity contribution in [2.75, 3.05) is 0 Å². The SMILES string of the molecule is CC(C)Cc1ccccc1-c1cccc2[cH-]c(C(C)C)cc12.CC(C)Cc1ccccc1-c1cccc2[cH-]c(C(C)C)cc12.C[Si]C.[Hf]. The van der Waals surface area contributed by atoms with Crippen molar-refractivity contribution < 1.29 is 25.8 Å². The van der Waals surface area contributed by atoms with Gasteiger partial charge in [0.25, 0.3) is 0 Å². The zero-order valence-corrected chi connectivity index (χ0v) is 35.7. The van der Waals surface area contributed by atoms with Gasteiger partial charge in [-0.05, 0) is 58.8 Å². The summed E-state index contributed by atoms with van der Waals surface area (Å²) in [5.74, 6) is 2.50. The summed E-state index contributed by atoms with van der Waals surface area (Å²) >= 11 is 0. The molecule has 0 saturated heterocycles. The van der Waals surface area contributed by atoms with Crippen LogP contribution in [0.1, 0.15) is 89.5 Å². The van der Waals surface area contributed by atoms with E-state index in [2.05, 4.69) is 178 Å². The summed E-state index contributed by atoms with van der Waals surface area (Å²) < 4.78 is 0. The monoisotopic (exact) mass is 816 g/mol. The second kappa shape index (κ2) is 18.8. The zero-order valence-electron chi connectivity index (χ0n) is 31.1. The van der Waals surface area contributed by atoms with E-state index < -0.39 is 0 Å². The summed E-state index contributed by atoms with van der Waals surface area (Å²) in [5.41, 5.74) is 11.3. The van der Waals surface area contributed by atoms with E-state index in [1.54, 1.807) is 0 Å². The molecule has 2 radical (unpaired) electrons. The Kier molecular flexibility index (Phi) is 15.5. The normalized spacial score (nSPS) is 11.1. The second-order valence-electron chi connectivity index (χ2n) is 14.5. The number of rotatable bonds is 8. The largest absolute Gasteiger partial charge is 0.164 e. The Morgan fingerprint density at radius 3 is 1.15 bits per heavy atom. The summed E-state index contributed by atoms with van der Waals surface area (Å²) in [7, 11) is 1.08. The Morgan fingerprint density at radius 1 is 0.479 bits per heavy atom. The van der Waals surface area contributed by atoms with Gasteiger partial charge in [-0.1, -0.05) is 140 Å². The van der Waals surface area contributed by atoms with Gasteiger partial charge in [-0.3, -0.25) is 0 Å². The Morgan fingerprint density at radius 2 is 0.812 bits per heavy atom. The molecular weight excluding hydrogens is 759 g/mol. The van der Waals surface area contributed by atoms with Crippen molar-refractivity contribution in [2.24, 2.45) is 11.8 Å². The van der Waals surface area contributed by atoms with E-state index >= 15 is 0 Å². The summed E-state index contributed by atoms with van der Waals surface area (Å²) in [4.78, 5) is 0. The summed E-state index contributed by atoms with van der Waals surface area (Å²) in [6, 6.07) is 40.5. The number of benzene rings is 4. The van der Waals surface area contributed by atoms with Gasteiger partial charge in [0.1, 0.15) is 0 Å². The first kappa shape index (κ1) is 39.6. The van der Waals surface area contributed by atoms with Crippen LogP contribution in [0.2, 0.25) is 13.1 Å². The van der Waals surface area contributed by atoms with Crippen LogP contribution < -0.4 is 0 Å². The number of hydrogen-bond donors (Lipinski definition) is 0. The predicted octanol–water partition coefficient (Wildman–Crippen LogP) is 13.9. The molecule has 0 aliphatic rings. The topological polar surface area (TPSA) is 0 Å². The van der Waals surface area contributed by atoms with E-state index in [1.807, 2.05) is 0 Å². The predicted molar refractivity (Wildman–Crippen MR) is 213 cm³/mol. The van der Waals surface area contributed by atoms with E-state index in [4.69, 9.17) is 0 Å². The van der Waals surface area contributed by atoms with Crippen LogP contribution in [0.4, 0.5) is 0 Å². The first-order valence-electron chi connectivity index (χ1n) is 17.7. The van der Waals surface area contributed by atoms with Gasteiger partial charge in [-0.15, -0.1) is 69.1 Å². The minimum absolute atomic E-state index is 0. The smallest absolute Gasteiger partial charge is 0.0307 e. The Balaban J connectivity index is 0.000000236. The van der Waals surface area contributed by atoms with Crippen molar-refractivity contribution in [3.8, 4) is 22.3 Å². The van der Waals surface area contributed by atoms with Crippen LogP contribution in [0, 0.1) is 11.8 Å². The Labute approximate surface area is 313 Å². The molecule has 6 rings (SSSR count). The second-order valence-corrected chi connectivity index (χ2v) is 15.5. The van der Waals surface area contributed by atoms with Crippen molar-refractivity contribution in [1.82, 2.24) is 0 Å². The van der Waals surface area contributed by atoms with E-state index in [0.717, 1.165) is 22.4 Å². The van der Waals surface area contributed by atoms with Crippen LogP contribution in [-0.4, -0.2) is 9.52 Å². The summed E-state index contributed by atoms with van der Waals surface area (Å²) in [5, 5.41) is 5.51. The molecule has 0 aromatic heterocycles. The summed E-state index contributed by atoms with van der Waals surface area (Å²) in [6.45, 7) is 22.5. The Hall–Kier alpha value is -2.81. The van der Waals surface area contributed by atoms with Crippen LogP contribution in [0.15, 0.2) is 109 Å². The first-order chi connectivity index (χ1) is 22.5. The molecule has 0 N–H and O–H groups in total. The third kappa shape index (κ3) is 10.1. The maximum absolute atomic E-state index is 2.38. The quantitative estimate of drug-likeness (QED) is 0.106. The molecule has 0 aliphatic heterocycles. The van der Waals surface area contributed by atoms with E-state index in [0.29, 0.717) is 23.7 Å². The molecule has 0 nitrogen and oxygen atoms in total. The van der Waals surface area contributed by atoms with Crippen LogP contribution in [0.5, 0.6) is 0 Å². The minimum atomic E-state index is 0. The molecule has 2 heteroatoms. The van der Waals surface area contributed by atoms with Crippen molar-refractivity contribution in [1.29, 1.82) is 0 Å². The maximum Gasteiger partial charge on any atom is 0.0307 e. The third-order valence-electron chi connectivity index (χ3n) is 8.75. The van der Waals surface area contributed by atoms with Crippen LogP contribution in [0.3, 0.4) is 0 Å². The van der Waals surface area contributed by atoms with Crippen molar-refractivity contribution >= 4 is 31.1 Å². The molecule has 0 saturated carbocycles. The van der Waals surface area contributed by atoms with Crippen molar-refractivity contribution in [3.05, 3.63) is 131 Å². The molecule has 0 atom stereocenters. The van der Waals surface area contributed by atoms with Gasteiger partial charge in [0.05, 0.1) is 0 Å². The van der Waals surface area contributed by atoms with Gasteiger partial charge >= 0.3 is 0 Å². The van der Waals surface area contributed by atoms with Crippen LogP contribution in [-0.2, 0) is 38.7 Å². The first-order valence-corrected chi connectivity index (χ1v) is 19.7. The molecule has 250 valence electrons. The fourth-order valence-corrected chi connectivity index (χ4v) is 6.45.